The first-order valence-corrected chi connectivity index (χ1v) is 8.87. The molecule has 2 N–H and O–H groups in total. The Morgan fingerprint density at radius 1 is 1.28 bits per heavy atom. The Morgan fingerprint density at radius 3 is 2.33 bits per heavy atom. The zero-order chi connectivity index (χ0) is 13.8. The molecule has 0 spiro atoms. The minimum atomic E-state index is -2.96. The van der Waals surface area contributed by atoms with E-state index in [9.17, 15) is 13.5 Å². The second-order valence-corrected chi connectivity index (χ2v) is 7.92. The molecule has 0 heterocycles. The zero-order valence-electron chi connectivity index (χ0n) is 11.8. The highest BCUT2D eigenvalue weighted by Gasteiger charge is 2.36. The van der Waals surface area contributed by atoms with E-state index in [-0.39, 0.29) is 23.3 Å². The number of aliphatic hydroxyl groups excluding tert-OH is 1. The Kier molecular flexibility index (Phi) is 5.62. The monoisotopic (exact) mass is 277 g/mol. The van der Waals surface area contributed by atoms with Crippen LogP contribution in [0, 0.1) is 5.41 Å². The lowest BCUT2D eigenvalue weighted by molar-refractivity contribution is 0.110. The topological polar surface area (TPSA) is 66.4 Å². The number of aliphatic hydroxyl groups is 1. The Morgan fingerprint density at radius 2 is 1.89 bits per heavy atom. The highest BCUT2D eigenvalue weighted by molar-refractivity contribution is 7.91. The Hall–Kier alpha value is -0.130. The summed E-state index contributed by atoms with van der Waals surface area (Å²) in [5.41, 5.74) is -0.107. The third kappa shape index (κ3) is 3.68. The number of hydrogen-bond acceptors (Lipinski definition) is 4. The highest BCUT2D eigenvalue weighted by atomic mass is 32.2. The molecule has 1 aliphatic rings. The molecule has 4 nitrogen and oxygen atoms in total. The Bertz CT molecular complexity index is 341. The molecule has 0 aromatic heterocycles. The van der Waals surface area contributed by atoms with Crippen LogP contribution >= 0.6 is 0 Å². The second kappa shape index (κ2) is 6.35. The molecule has 0 aromatic rings. The first kappa shape index (κ1) is 15.9. The van der Waals surface area contributed by atoms with Crippen LogP contribution in [0.1, 0.15) is 46.0 Å². The normalized spacial score (nSPS) is 25.6. The van der Waals surface area contributed by atoms with Gasteiger partial charge >= 0.3 is 0 Å². The highest BCUT2D eigenvalue weighted by Crippen LogP contribution is 2.28. The largest absolute Gasteiger partial charge is 0.396 e. The van der Waals surface area contributed by atoms with Crippen molar-refractivity contribution in [3.8, 4) is 0 Å². The van der Waals surface area contributed by atoms with Crippen LogP contribution in [0.15, 0.2) is 0 Å². The molecule has 0 radical (unpaired) electrons. The van der Waals surface area contributed by atoms with Crippen LogP contribution in [0.3, 0.4) is 0 Å². The third-order valence-corrected chi connectivity index (χ3v) is 6.24. The third-order valence-electron chi connectivity index (χ3n) is 4.58. The molecule has 0 bridgehead atoms. The van der Waals surface area contributed by atoms with E-state index in [4.69, 9.17) is 0 Å². The maximum atomic E-state index is 11.7. The van der Waals surface area contributed by atoms with Crippen molar-refractivity contribution in [1.29, 1.82) is 0 Å². The van der Waals surface area contributed by atoms with Crippen LogP contribution in [0.4, 0.5) is 0 Å². The van der Waals surface area contributed by atoms with E-state index in [2.05, 4.69) is 19.2 Å². The van der Waals surface area contributed by atoms with E-state index in [1.807, 2.05) is 0 Å². The van der Waals surface area contributed by atoms with Crippen molar-refractivity contribution in [3.63, 3.8) is 0 Å². The van der Waals surface area contributed by atoms with Crippen LogP contribution < -0.4 is 5.32 Å². The zero-order valence-corrected chi connectivity index (χ0v) is 12.6. The van der Waals surface area contributed by atoms with Gasteiger partial charge in [-0.2, -0.15) is 0 Å². The van der Waals surface area contributed by atoms with Gasteiger partial charge in [0, 0.05) is 30.9 Å². The summed E-state index contributed by atoms with van der Waals surface area (Å²) in [6, 6.07) is 0.0593. The molecule has 2 unspecified atom stereocenters. The number of rotatable bonds is 7. The van der Waals surface area contributed by atoms with Crippen molar-refractivity contribution < 1.29 is 13.5 Å². The van der Waals surface area contributed by atoms with Crippen LogP contribution in [0.2, 0.25) is 0 Å². The standard InChI is InChI=1S/C13H27NO3S/c1-4-13(5-2,10-15)9-14-11-7-6-8-12(11)18(3,16)17/h11-12,14-15H,4-10H2,1-3H3. The van der Waals surface area contributed by atoms with E-state index in [1.54, 1.807) is 0 Å². The molecular weight excluding hydrogens is 250 g/mol. The van der Waals surface area contributed by atoms with Gasteiger partial charge in [-0.15, -0.1) is 0 Å². The number of hydrogen-bond donors (Lipinski definition) is 2. The van der Waals surface area contributed by atoms with Gasteiger partial charge in [0.2, 0.25) is 0 Å². The van der Waals surface area contributed by atoms with Crippen molar-refractivity contribution in [2.45, 2.75) is 57.2 Å². The number of sulfone groups is 1. The van der Waals surface area contributed by atoms with E-state index < -0.39 is 9.84 Å². The van der Waals surface area contributed by atoms with Crippen molar-refractivity contribution >= 4 is 9.84 Å². The summed E-state index contributed by atoms with van der Waals surface area (Å²) < 4.78 is 23.4. The SMILES string of the molecule is CCC(CC)(CO)CNC1CCCC1S(C)(=O)=O. The summed E-state index contributed by atoms with van der Waals surface area (Å²) in [6.45, 7) is 5.00. The summed E-state index contributed by atoms with van der Waals surface area (Å²) in [7, 11) is -2.96. The molecule has 108 valence electrons. The Labute approximate surface area is 111 Å². The molecule has 0 amide bonds. The molecule has 1 rings (SSSR count). The molecule has 0 aromatic carbocycles. The maximum Gasteiger partial charge on any atom is 0.151 e. The molecular formula is C13H27NO3S. The minimum Gasteiger partial charge on any atom is -0.396 e. The first-order valence-electron chi connectivity index (χ1n) is 6.91. The second-order valence-electron chi connectivity index (χ2n) is 5.65. The molecule has 18 heavy (non-hydrogen) atoms. The fourth-order valence-corrected chi connectivity index (χ4v) is 4.22. The molecule has 1 saturated carbocycles. The average Bonchev–Trinajstić information content (AvgIpc) is 2.80. The molecule has 2 atom stereocenters. The fourth-order valence-electron chi connectivity index (χ4n) is 2.80. The van der Waals surface area contributed by atoms with E-state index in [0.717, 1.165) is 32.1 Å². The van der Waals surface area contributed by atoms with Gasteiger partial charge < -0.3 is 10.4 Å². The van der Waals surface area contributed by atoms with Crippen LogP contribution in [0.25, 0.3) is 0 Å². The van der Waals surface area contributed by atoms with Crippen molar-refractivity contribution in [3.05, 3.63) is 0 Å². The van der Waals surface area contributed by atoms with Crippen LogP contribution in [-0.2, 0) is 9.84 Å². The van der Waals surface area contributed by atoms with Crippen molar-refractivity contribution in [2.24, 2.45) is 5.41 Å². The minimum absolute atomic E-state index is 0.0593. The average molecular weight is 277 g/mol. The summed E-state index contributed by atoms with van der Waals surface area (Å²) in [4.78, 5) is 0. The molecule has 1 aliphatic carbocycles. The number of nitrogens with one attached hydrogen (secondary N) is 1. The van der Waals surface area contributed by atoms with Crippen molar-refractivity contribution in [1.82, 2.24) is 5.32 Å². The van der Waals surface area contributed by atoms with Crippen LogP contribution in [0.5, 0.6) is 0 Å². The van der Waals surface area contributed by atoms with Gasteiger partial charge in [-0.05, 0) is 25.7 Å². The lowest BCUT2D eigenvalue weighted by Gasteiger charge is -2.32. The summed E-state index contributed by atoms with van der Waals surface area (Å²) in [5.74, 6) is 0. The van der Waals surface area contributed by atoms with Gasteiger partial charge in [-0.25, -0.2) is 8.42 Å². The maximum absolute atomic E-state index is 11.7. The van der Waals surface area contributed by atoms with Gasteiger partial charge in [-0.1, -0.05) is 20.3 Å². The smallest absolute Gasteiger partial charge is 0.151 e. The molecule has 0 aliphatic heterocycles. The summed E-state index contributed by atoms with van der Waals surface area (Å²) in [5, 5.41) is 12.7. The quantitative estimate of drug-likeness (QED) is 0.737. The molecule has 1 fully saturated rings. The predicted molar refractivity (Wildman–Crippen MR) is 74.4 cm³/mol. The summed E-state index contributed by atoms with van der Waals surface area (Å²) in [6.07, 6.45) is 5.80. The lowest BCUT2D eigenvalue weighted by atomic mass is 9.83. The molecule has 5 heteroatoms. The predicted octanol–water partition coefficient (Wildman–Crippen LogP) is 1.34. The summed E-state index contributed by atoms with van der Waals surface area (Å²) >= 11 is 0. The van der Waals surface area contributed by atoms with Gasteiger partial charge in [-0.3, -0.25) is 0 Å². The lowest BCUT2D eigenvalue weighted by Crippen LogP contribution is -2.46. The van der Waals surface area contributed by atoms with Gasteiger partial charge in [0.25, 0.3) is 0 Å². The van der Waals surface area contributed by atoms with E-state index in [1.165, 1.54) is 6.26 Å². The molecule has 0 saturated heterocycles. The Balaban J connectivity index is 2.62. The fraction of sp³-hybridized carbons (Fsp3) is 1.00. The van der Waals surface area contributed by atoms with Crippen molar-refractivity contribution in [2.75, 3.05) is 19.4 Å². The van der Waals surface area contributed by atoms with Crippen LogP contribution in [-0.4, -0.2) is 44.2 Å². The van der Waals surface area contributed by atoms with Gasteiger partial charge in [0.15, 0.2) is 9.84 Å². The van der Waals surface area contributed by atoms with Gasteiger partial charge in [0.1, 0.15) is 0 Å². The van der Waals surface area contributed by atoms with E-state index in [0.29, 0.717) is 6.54 Å². The first-order chi connectivity index (χ1) is 8.38. The van der Waals surface area contributed by atoms with E-state index >= 15 is 0 Å². The van der Waals surface area contributed by atoms with Gasteiger partial charge in [0.05, 0.1) is 5.25 Å².